The second-order valence-corrected chi connectivity index (χ2v) is 7.34. The Kier molecular flexibility index (Phi) is 3.04. The van der Waals surface area contributed by atoms with Gasteiger partial charge in [0.25, 0.3) is 0 Å². The van der Waals surface area contributed by atoms with Gasteiger partial charge >= 0.3 is 0 Å². The molecule has 0 bridgehead atoms. The lowest BCUT2D eigenvalue weighted by Gasteiger charge is -2.20. The van der Waals surface area contributed by atoms with Crippen molar-refractivity contribution < 1.29 is 0 Å². The summed E-state index contributed by atoms with van der Waals surface area (Å²) in [6.45, 7) is 0. The molecule has 0 radical (unpaired) electrons. The molecule has 0 nitrogen and oxygen atoms in total. The van der Waals surface area contributed by atoms with Gasteiger partial charge in [-0.05, 0) is 55.4 Å². The largest absolute Gasteiger partial charge is 0.0619 e. The van der Waals surface area contributed by atoms with Crippen LogP contribution in [0.4, 0.5) is 0 Å². The van der Waals surface area contributed by atoms with E-state index in [1.165, 1.54) is 49.4 Å². The molecule has 27 heavy (non-hydrogen) atoms. The fraction of sp³-hybridized carbons (Fsp3) is 0.0370. The molecule has 0 aliphatic heterocycles. The van der Waals surface area contributed by atoms with Crippen LogP contribution >= 0.6 is 0 Å². The van der Waals surface area contributed by atoms with Crippen LogP contribution in [0, 0.1) is 0 Å². The SMILES string of the molecule is c1ccc2c(c1)-c1ccccc1C2c1c2ccccc2cc2ccccc12. The van der Waals surface area contributed by atoms with E-state index in [1.807, 2.05) is 0 Å². The maximum Gasteiger partial charge on any atom is 0.0364 e. The second-order valence-electron chi connectivity index (χ2n) is 7.34. The summed E-state index contributed by atoms with van der Waals surface area (Å²) >= 11 is 0. The van der Waals surface area contributed by atoms with E-state index >= 15 is 0 Å². The Balaban J connectivity index is 1.80. The molecule has 0 fully saturated rings. The Hall–Kier alpha value is -3.38. The van der Waals surface area contributed by atoms with Gasteiger partial charge < -0.3 is 0 Å². The molecule has 5 aromatic carbocycles. The molecule has 1 aliphatic rings. The highest BCUT2D eigenvalue weighted by Gasteiger charge is 2.31. The van der Waals surface area contributed by atoms with Gasteiger partial charge in [-0.25, -0.2) is 0 Å². The number of fused-ring (bicyclic) bond motifs is 5. The molecule has 0 heterocycles. The predicted molar refractivity (Wildman–Crippen MR) is 114 cm³/mol. The topological polar surface area (TPSA) is 0 Å². The highest BCUT2D eigenvalue weighted by atomic mass is 14.3. The van der Waals surface area contributed by atoms with E-state index in [2.05, 4.69) is 103 Å². The maximum atomic E-state index is 2.32. The lowest BCUT2D eigenvalue weighted by molar-refractivity contribution is 1.04. The first kappa shape index (κ1) is 14.8. The normalized spacial score (nSPS) is 13.0. The van der Waals surface area contributed by atoms with Gasteiger partial charge in [-0.15, -0.1) is 0 Å². The van der Waals surface area contributed by atoms with Gasteiger partial charge in [0.2, 0.25) is 0 Å². The number of hydrogen-bond acceptors (Lipinski definition) is 0. The molecule has 0 saturated heterocycles. The van der Waals surface area contributed by atoms with Crippen molar-refractivity contribution in [3.05, 3.63) is 120 Å². The zero-order valence-corrected chi connectivity index (χ0v) is 14.9. The lowest BCUT2D eigenvalue weighted by atomic mass is 9.83. The Bertz CT molecular complexity index is 1230. The Morgan fingerprint density at radius 3 is 1.44 bits per heavy atom. The molecular weight excluding hydrogens is 324 g/mol. The molecule has 0 unspecified atom stereocenters. The molecular formula is C27H18. The van der Waals surface area contributed by atoms with Crippen LogP contribution in [0.1, 0.15) is 22.6 Å². The number of hydrogen-bond donors (Lipinski definition) is 0. The van der Waals surface area contributed by atoms with Crippen molar-refractivity contribution in [3.63, 3.8) is 0 Å². The predicted octanol–water partition coefficient (Wildman–Crippen LogP) is 7.15. The number of rotatable bonds is 1. The first-order valence-electron chi connectivity index (χ1n) is 9.50. The first-order chi connectivity index (χ1) is 13.4. The van der Waals surface area contributed by atoms with E-state index in [9.17, 15) is 0 Å². The molecule has 0 heteroatoms. The van der Waals surface area contributed by atoms with E-state index < -0.39 is 0 Å². The molecule has 0 aromatic heterocycles. The summed E-state index contributed by atoms with van der Waals surface area (Å²) in [7, 11) is 0. The van der Waals surface area contributed by atoms with Crippen LogP contribution in [0.3, 0.4) is 0 Å². The fourth-order valence-electron chi connectivity index (χ4n) is 4.83. The molecule has 0 atom stereocenters. The Morgan fingerprint density at radius 1 is 0.444 bits per heavy atom. The summed E-state index contributed by atoms with van der Waals surface area (Å²) in [5, 5.41) is 5.33. The van der Waals surface area contributed by atoms with Crippen LogP contribution in [0.5, 0.6) is 0 Å². The average molecular weight is 342 g/mol. The van der Waals surface area contributed by atoms with E-state index in [0.29, 0.717) is 0 Å². The van der Waals surface area contributed by atoms with Crippen LogP contribution in [-0.4, -0.2) is 0 Å². The minimum absolute atomic E-state index is 0.272. The van der Waals surface area contributed by atoms with Crippen molar-refractivity contribution in [2.45, 2.75) is 5.92 Å². The van der Waals surface area contributed by atoms with Gasteiger partial charge in [-0.3, -0.25) is 0 Å². The highest BCUT2D eigenvalue weighted by Crippen LogP contribution is 2.50. The van der Waals surface area contributed by atoms with E-state index in [-0.39, 0.29) is 5.92 Å². The van der Waals surface area contributed by atoms with Crippen molar-refractivity contribution in [1.29, 1.82) is 0 Å². The van der Waals surface area contributed by atoms with Gasteiger partial charge in [0, 0.05) is 5.92 Å². The third kappa shape index (κ3) is 2.04. The summed E-state index contributed by atoms with van der Waals surface area (Å²) < 4.78 is 0. The first-order valence-corrected chi connectivity index (χ1v) is 9.50. The smallest absolute Gasteiger partial charge is 0.0364 e. The van der Waals surface area contributed by atoms with Crippen molar-refractivity contribution >= 4 is 21.5 Å². The van der Waals surface area contributed by atoms with Crippen molar-refractivity contribution in [2.75, 3.05) is 0 Å². The number of benzene rings is 5. The van der Waals surface area contributed by atoms with Crippen LogP contribution in [0.25, 0.3) is 32.7 Å². The quantitative estimate of drug-likeness (QED) is 0.278. The Morgan fingerprint density at radius 2 is 0.889 bits per heavy atom. The van der Waals surface area contributed by atoms with Gasteiger partial charge in [-0.1, -0.05) is 97.1 Å². The standard InChI is InChI=1S/C27H18/c1-3-11-20-18(9-1)17-19-10-2-4-12-21(19)26(20)27-24-15-7-5-13-22(24)23-14-6-8-16-25(23)27/h1-17,27H. The van der Waals surface area contributed by atoms with Gasteiger partial charge in [0.15, 0.2) is 0 Å². The summed E-state index contributed by atoms with van der Waals surface area (Å²) in [5.41, 5.74) is 7.01. The molecule has 0 saturated carbocycles. The molecule has 1 aliphatic carbocycles. The molecule has 126 valence electrons. The molecule has 0 amide bonds. The molecule has 6 rings (SSSR count). The zero-order chi connectivity index (χ0) is 17.8. The van der Waals surface area contributed by atoms with E-state index in [0.717, 1.165) is 0 Å². The van der Waals surface area contributed by atoms with Crippen LogP contribution in [0.15, 0.2) is 103 Å². The lowest BCUT2D eigenvalue weighted by Crippen LogP contribution is -2.01. The summed E-state index contributed by atoms with van der Waals surface area (Å²) in [4.78, 5) is 0. The molecule has 0 N–H and O–H groups in total. The van der Waals surface area contributed by atoms with Crippen molar-refractivity contribution in [2.24, 2.45) is 0 Å². The minimum Gasteiger partial charge on any atom is -0.0619 e. The van der Waals surface area contributed by atoms with Crippen molar-refractivity contribution in [1.82, 2.24) is 0 Å². The van der Waals surface area contributed by atoms with Gasteiger partial charge in [-0.2, -0.15) is 0 Å². The minimum atomic E-state index is 0.272. The summed E-state index contributed by atoms with van der Waals surface area (Å²) in [6, 6.07) is 37.7. The van der Waals surface area contributed by atoms with Crippen LogP contribution in [-0.2, 0) is 0 Å². The van der Waals surface area contributed by atoms with Gasteiger partial charge in [0.1, 0.15) is 0 Å². The Labute approximate surface area is 158 Å². The highest BCUT2D eigenvalue weighted by molar-refractivity contribution is 6.04. The van der Waals surface area contributed by atoms with Crippen LogP contribution < -0.4 is 0 Å². The molecule has 0 spiro atoms. The molecule has 5 aromatic rings. The summed E-state index contributed by atoms with van der Waals surface area (Å²) in [6.07, 6.45) is 0. The third-order valence-electron chi connectivity index (χ3n) is 5.94. The summed E-state index contributed by atoms with van der Waals surface area (Å²) in [5.74, 6) is 0.272. The van der Waals surface area contributed by atoms with E-state index in [4.69, 9.17) is 0 Å². The third-order valence-corrected chi connectivity index (χ3v) is 5.94. The van der Waals surface area contributed by atoms with Crippen LogP contribution in [0.2, 0.25) is 0 Å². The van der Waals surface area contributed by atoms with Crippen molar-refractivity contribution in [3.8, 4) is 11.1 Å². The second kappa shape index (κ2) is 5.56. The fourth-order valence-corrected chi connectivity index (χ4v) is 4.83. The van der Waals surface area contributed by atoms with Gasteiger partial charge in [0.05, 0.1) is 0 Å². The maximum absolute atomic E-state index is 2.32. The van der Waals surface area contributed by atoms with E-state index in [1.54, 1.807) is 0 Å². The monoisotopic (exact) mass is 342 g/mol. The zero-order valence-electron chi connectivity index (χ0n) is 14.9. The average Bonchev–Trinajstić information content (AvgIpc) is 3.06.